The predicted molar refractivity (Wildman–Crippen MR) is 33.9 cm³/mol. The van der Waals surface area contributed by atoms with Gasteiger partial charge in [-0.15, -0.1) is 0 Å². The van der Waals surface area contributed by atoms with E-state index in [1.54, 1.807) is 18.2 Å². The zero-order valence-corrected chi connectivity index (χ0v) is 9.32. The number of hydrogen-bond donors (Lipinski definition) is 0. The minimum absolute atomic E-state index is 0. The van der Waals surface area contributed by atoms with Crippen molar-refractivity contribution in [2.75, 3.05) is 0 Å². The second kappa shape index (κ2) is 5.16. The third kappa shape index (κ3) is 3.04. The fourth-order valence-corrected chi connectivity index (χ4v) is 0.801. The van der Waals surface area contributed by atoms with E-state index in [0.29, 0.717) is 0 Å². The van der Waals surface area contributed by atoms with Crippen molar-refractivity contribution in [3.05, 3.63) is 24.5 Å². The Hall–Kier alpha value is 0.469. The summed E-state index contributed by atoms with van der Waals surface area (Å²) >= 11 is 2.36. The van der Waals surface area contributed by atoms with Crippen LogP contribution in [-0.2, 0) is 4.74 Å². The van der Waals surface area contributed by atoms with Crippen molar-refractivity contribution in [3.8, 4) is 0 Å². The van der Waals surface area contributed by atoms with Gasteiger partial charge in [0.15, 0.2) is 0 Å². The first-order chi connectivity index (χ1) is 4.30. The molecule has 1 aliphatic heterocycles. The van der Waals surface area contributed by atoms with E-state index >= 15 is 0 Å². The molecule has 1 unspecified atom stereocenters. The predicted octanol–water partition coefficient (Wildman–Crippen LogP) is -3.88. The molecule has 48 valence electrons. The molecule has 0 aromatic carbocycles. The molecule has 1 aliphatic rings. The molecule has 0 spiro atoms. The second-order valence-electron chi connectivity index (χ2n) is 1.59. The van der Waals surface area contributed by atoms with Gasteiger partial charge in [0, 0.05) is 0 Å². The molecule has 1 atom stereocenters. The molecule has 1 heterocycles. The van der Waals surface area contributed by atoms with Crippen molar-refractivity contribution in [3.63, 3.8) is 0 Å². The van der Waals surface area contributed by atoms with Gasteiger partial charge < -0.3 is 0 Å². The molecular weight excluding hydrogens is 206 g/mol. The summed E-state index contributed by atoms with van der Waals surface area (Å²) in [6.07, 6.45) is 6.30. The van der Waals surface area contributed by atoms with Crippen LogP contribution in [0.2, 0.25) is 0 Å². The summed E-state index contributed by atoms with van der Waals surface area (Å²) in [5.74, 6) is 0. The molecule has 0 N–H and O–H groups in total. The zero-order chi connectivity index (χ0) is 6.69. The molecule has 0 aromatic heterocycles. The van der Waals surface area contributed by atoms with Gasteiger partial charge in [0.2, 0.25) is 0 Å². The summed E-state index contributed by atoms with van der Waals surface area (Å²) < 4.78 is 4.80. The molecule has 0 amide bonds. The molecule has 10 heavy (non-hydrogen) atoms. The van der Waals surface area contributed by atoms with E-state index in [-0.39, 0.29) is 34.2 Å². The molecule has 0 fully saturated rings. The minimum atomic E-state index is -0.407. The van der Waals surface area contributed by atoms with E-state index in [2.05, 4.69) is 15.6 Å². The van der Waals surface area contributed by atoms with Crippen LogP contribution < -0.4 is 34.7 Å². The molecule has 2 nitrogen and oxygen atoms in total. The topological polar surface area (TPSA) is 32.3 Å². The van der Waals surface area contributed by atoms with Crippen LogP contribution in [0.15, 0.2) is 24.5 Å². The van der Waals surface area contributed by atoms with Gasteiger partial charge in [-0.1, -0.05) is 0 Å². The van der Waals surface area contributed by atoms with Crippen molar-refractivity contribution in [2.45, 2.75) is 6.10 Å². The van der Waals surface area contributed by atoms with Crippen molar-refractivity contribution in [1.29, 1.82) is 0 Å². The van der Waals surface area contributed by atoms with Gasteiger partial charge in [-0.05, 0) is 0 Å². The van der Waals surface area contributed by atoms with Crippen LogP contribution >= 0.6 is 0 Å². The van der Waals surface area contributed by atoms with Gasteiger partial charge in [-0.25, -0.2) is 0 Å². The van der Waals surface area contributed by atoms with E-state index < -0.39 is 6.10 Å². The van der Waals surface area contributed by atoms with Crippen LogP contribution in [0.3, 0.4) is 0 Å². The summed E-state index contributed by atoms with van der Waals surface area (Å²) in [5.41, 5.74) is 0. The van der Waals surface area contributed by atoms with Crippen LogP contribution in [0.4, 0.5) is 0 Å². The average molecular weight is 211 g/mol. The maximum atomic E-state index is 10.5. The molecule has 0 aromatic rings. The van der Waals surface area contributed by atoms with Crippen LogP contribution in [0.5, 0.6) is 0 Å². The Labute approximate surface area is 89.6 Å². The molecule has 0 saturated heterocycles. The van der Waals surface area contributed by atoms with E-state index in [1.807, 2.05) is 0 Å². The molecule has 0 aliphatic carbocycles. The zero-order valence-electron chi connectivity index (χ0n) is 5.61. The Kier molecular flexibility index (Phi) is 5.41. The van der Waals surface area contributed by atoms with Crippen molar-refractivity contribution in [2.24, 2.45) is 0 Å². The quantitative estimate of drug-likeness (QED) is 0.415. The second-order valence-corrected chi connectivity index (χ2v) is 2.43. The van der Waals surface area contributed by atoms with Crippen LogP contribution in [-0.4, -0.2) is 26.3 Å². The Morgan fingerprint density at radius 3 is 2.50 bits per heavy atom. The first-order valence-electron chi connectivity index (χ1n) is 2.50. The van der Waals surface area contributed by atoms with E-state index in [9.17, 15) is 5.11 Å². The molecular formula is C6H5NaO2Se. The summed E-state index contributed by atoms with van der Waals surface area (Å²) in [6.45, 7) is 0. The third-order valence-corrected chi connectivity index (χ3v) is 1.42. The SMILES string of the molecule is [Na+].[O-]C(=[Se])C1C=CC=CO1. The number of rotatable bonds is 1. The fourth-order valence-electron chi connectivity index (χ4n) is 0.520. The third-order valence-electron chi connectivity index (χ3n) is 0.933. The summed E-state index contributed by atoms with van der Waals surface area (Å²) in [6, 6.07) is 0. The summed E-state index contributed by atoms with van der Waals surface area (Å²) in [4.78, 5) is 0. The van der Waals surface area contributed by atoms with Gasteiger partial charge >= 0.3 is 90.2 Å². The van der Waals surface area contributed by atoms with E-state index in [0.717, 1.165) is 0 Å². The van der Waals surface area contributed by atoms with Gasteiger partial charge in [-0.2, -0.15) is 0 Å². The van der Waals surface area contributed by atoms with Crippen LogP contribution in [0, 0.1) is 0 Å². The average Bonchev–Trinajstić information content (AvgIpc) is 1.90. The molecule has 4 heteroatoms. The fraction of sp³-hybridized carbons (Fsp3) is 0.167. The van der Waals surface area contributed by atoms with Gasteiger partial charge in [0.05, 0.1) is 0 Å². The van der Waals surface area contributed by atoms with E-state index in [1.165, 1.54) is 6.26 Å². The van der Waals surface area contributed by atoms with Crippen LogP contribution in [0.1, 0.15) is 0 Å². The van der Waals surface area contributed by atoms with Crippen molar-refractivity contribution < 1.29 is 39.4 Å². The first kappa shape index (κ1) is 10.5. The van der Waals surface area contributed by atoms with Crippen molar-refractivity contribution >= 4 is 20.2 Å². The Bertz CT molecular complexity index is 177. The molecule has 0 radical (unpaired) electrons. The van der Waals surface area contributed by atoms with Gasteiger partial charge in [-0.3, -0.25) is 0 Å². The monoisotopic (exact) mass is 212 g/mol. The van der Waals surface area contributed by atoms with Crippen LogP contribution in [0.25, 0.3) is 0 Å². The summed E-state index contributed by atoms with van der Waals surface area (Å²) in [7, 11) is 0. The maximum absolute atomic E-state index is 10.5. The van der Waals surface area contributed by atoms with Gasteiger partial charge in [0.25, 0.3) is 0 Å². The number of ether oxygens (including phenoxy) is 1. The molecule has 0 saturated carbocycles. The first-order valence-corrected chi connectivity index (χ1v) is 3.36. The van der Waals surface area contributed by atoms with Gasteiger partial charge in [0.1, 0.15) is 0 Å². The molecule has 1 rings (SSSR count). The normalized spacial score (nSPS) is 21.0. The Morgan fingerprint density at radius 1 is 1.50 bits per heavy atom. The standard InChI is InChI=1S/C6H6O2Se.Na/c7-6(9)5-3-1-2-4-8-5;/h1-5H,(H,7,9);/q;+1/p-1. The number of hydrogen-bond acceptors (Lipinski definition) is 2. The Morgan fingerprint density at radius 2 is 2.20 bits per heavy atom. The van der Waals surface area contributed by atoms with Crippen molar-refractivity contribution in [1.82, 2.24) is 0 Å². The van der Waals surface area contributed by atoms with E-state index in [4.69, 9.17) is 4.74 Å². The number of allylic oxidation sites excluding steroid dienone is 2. The Balaban J connectivity index is 0.000000810. The summed E-state index contributed by atoms with van der Waals surface area (Å²) in [5, 5.41) is 10.5. The molecule has 0 bridgehead atoms.